The fraction of sp³-hybridized carbons (Fsp3) is 0.750. The van der Waals surface area contributed by atoms with Crippen molar-refractivity contribution in [3.8, 4) is 6.07 Å². The first-order valence-electron chi connectivity index (χ1n) is 6.08. The summed E-state index contributed by atoms with van der Waals surface area (Å²) in [5.74, 6) is -0.559. The third kappa shape index (κ3) is 3.74. The Labute approximate surface area is 101 Å². The highest BCUT2D eigenvalue weighted by molar-refractivity contribution is 5.85. The molecule has 3 N–H and O–H groups in total. The molecule has 0 saturated heterocycles. The number of hydrogen-bond acceptors (Lipinski definition) is 3. The minimum Gasteiger partial charge on any atom is -0.370 e. The van der Waals surface area contributed by atoms with E-state index in [0.717, 1.165) is 19.3 Å². The number of nitrogens with two attached hydrogens (primary N) is 1. The normalized spacial score (nSPS) is 18.1. The minimum atomic E-state index is -0.842. The van der Waals surface area contributed by atoms with E-state index in [0.29, 0.717) is 25.8 Å². The molecule has 0 bridgehead atoms. The molecule has 0 aromatic heterocycles. The van der Waals surface area contributed by atoms with Crippen LogP contribution in [0.25, 0.3) is 0 Å². The van der Waals surface area contributed by atoms with E-state index in [2.05, 4.69) is 11.4 Å². The largest absolute Gasteiger partial charge is 0.370 e. The first-order valence-corrected chi connectivity index (χ1v) is 6.08. The summed E-state index contributed by atoms with van der Waals surface area (Å²) >= 11 is 0. The summed E-state index contributed by atoms with van der Waals surface area (Å²) < 4.78 is 0. The number of nitriles is 1. The topological polar surface area (TPSA) is 96.0 Å². The van der Waals surface area contributed by atoms with Crippen molar-refractivity contribution in [3.63, 3.8) is 0 Å². The molecular weight excluding hydrogens is 218 g/mol. The van der Waals surface area contributed by atoms with Gasteiger partial charge in [-0.25, -0.2) is 0 Å². The molecule has 0 atom stereocenters. The Balaban J connectivity index is 2.39. The molecule has 0 aliphatic heterocycles. The van der Waals surface area contributed by atoms with Crippen LogP contribution in [0.15, 0.2) is 0 Å². The van der Waals surface area contributed by atoms with Crippen LogP contribution in [0, 0.1) is 16.7 Å². The Morgan fingerprint density at radius 3 is 2.47 bits per heavy atom. The average Bonchev–Trinajstić information content (AvgIpc) is 2.35. The van der Waals surface area contributed by atoms with Crippen molar-refractivity contribution < 1.29 is 9.59 Å². The molecule has 2 amide bonds. The second-order valence-electron chi connectivity index (χ2n) is 4.58. The van der Waals surface area contributed by atoms with Crippen LogP contribution in [0.1, 0.15) is 44.9 Å². The molecule has 5 heteroatoms. The molecule has 0 heterocycles. The summed E-state index contributed by atoms with van der Waals surface area (Å²) in [6, 6.07) is 2.16. The second-order valence-corrected chi connectivity index (χ2v) is 4.58. The lowest BCUT2D eigenvalue weighted by Crippen LogP contribution is -2.41. The number of hydrogen-bond donors (Lipinski definition) is 2. The van der Waals surface area contributed by atoms with Crippen molar-refractivity contribution in [2.24, 2.45) is 11.1 Å². The first kappa shape index (κ1) is 13.5. The highest BCUT2D eigenvalue weighted by Gasteiger charge is 2.39. The van der Waals surface area contributed by atoms with Crippen molar-refractivity contribution in [1.29, 1.82) is 5.26 Å². The third-order valence-electron chi connectivity index (χ3n) is 3.24. The van der Waals surface area contributed by atoms with Crippen molar-refractivity contribution >= 4 is 11.8 Å². The summed E-state index contributed by atoms with van der Waals surface area (Å²) in [6.07, 6.45) is 5.04. The zero-order valence-corrected chi connectivity index (χ0v) is 10.00. The minimum absolute atomic E-state index is 0.191. The summed E-state index contributed by atoms with van der Waals surface area (Å²) in [4.78, 5) is 22.5. The molecular formula is C12H19N3O2. The van der Waals surface area contributed by atoms with Crippen LogP contribution in [0.4, 0.5) is 0 Å². The van der Waals surface area contributed by atoms with Crippen molar-refractivity contribution in [1.82, 2.24) is 5.32 Å². The highest BCUT2D eigenvalue weighted by Crippen LogP contribution is 2.35. The molecule has 1 fully saturated rings. The number of rotatable bonds is 5. The molecule has 17 heavy (non-hydrogen) atoms. The zero-order chi connectivity index (χ0) is 12.7. The number of nitrogens with zero attached hydrogens (tertiary/aromatic N) is 1. The molecule has 1 saturated carbocycles. The summed E-state index contributed by atoms with van der Waals surface area (Å²) in [7, 11) is 0. The number of carbonyl (C=O) groups is 2. The van der Waals surface area contributed by atoms with Crippen LogP contribution in [0.3, 0.4) is 0 Å². The van der Waals surface area contributed by atoms with E-state index >= 15 is 0 Å². The van der Waals surface area contributed by atoms with E-state index in [1.807, 2.05) is 0 Å². The monoisotopic (exact) mass is 237 g/mol. The van der Waals surface area contributed by atoms with E-state index in [1.54, 1.807) is 0 Å². The molecule has 1 rings (SSSR count). The van der Waals surface area contributed by atoms with Crippen LogP contribution in [-0.4, -0.2) is 18.4 Å². The molecule has 1 aliphatic carbocycles. The van der Waals surface area contributed by atoms with Gasteiger partial charge < -0.3 is 11.1 Å². The number of amides is 2. The van der Waals surface area contributed by atoms with Crippen molar-refractivity contribution in [2.45, 2.75) is 44.9 Å². The summed E-state index contributed by atoms with van der Waals surface area (Å²) in [6.45, 7) is 0.408. The molecule has 5 nitrogen and oxygen atoms in total. The number of nitrogens with one attached hydrogen (secondary N) is 1. The molecule has 1 aliphatic rings. The van der Waals surface area contributed by atoms with Crippen molar-refractivity contribution in [3.05, 3.63) is 0 Å². The lowest BCUT2D eigenvalue weighted by Gasteiger charge is -2.29. The molecule has 0 aromatic carbocycles. The molecule has 0 spiro atoms. The Bertz CT molecular complexity index is 327. The lowest BCUT2D eigenvalue weighted by atomic mass is 9.74. The van der Waals surface area contributed by atoms with Crippen LogP contribution < -0.4 is 11.1 Å². The van der Waals surface area contributed by atoms with Gasteiger partial charge in [-0.05, 0) is 19.3 Å². The van der Waals surface area contributed by atoms with E-state index < -0.39 is 5.41 Å². The van der Waals surface area contributed by atoms with Crippen molar-refractivity contribution in [2.75, 3.05) is 6.54 Å². The lowest BCUT2D eigenvalue weighted by molar-refractivity contribution is -0.129. The van der Waals surface area contributed by atoms with Gasteiger partial charge in [0, 0.05) is 13.0 Å². The summed E-state index contributed by atoms with van der Waals surface area (Å²) in [5, 5.41) is 11.9. The first-order chi connectivity index (χ1) is 8.10. The van der Waals surface area contributed by atoms with E-state index in [1.165, 1.54) is 0 Å². The quantitative estimate of drug-likeness (QED) is 0.693. The molecule has 0 unspecified atom stereocenters. The van der Waals surface area contributed by atoms with E-state index in [4.69, 9.17) is 5.73 Å². The van der Waals surface area contributed by atoms with E-state index in [-0.39, 0.29) is 18.2 Å². The van der Waals surface area contributed by atoms with Gasteiger partial charge in [0.2, 0.25) is 11.8 Å². The highest BCUT2D eigenvalue weighted by atomic mass is 16.2. The Morgan fingerprint density at radius 1 is 1.29 bits per heavy atom. The van der Waals surface area contributed by atoms with Crippen LogP contribution >= 0.6 is 0 Å². The predicted molar refractivity (Wildman–Crippen MR) is 62.6 cm³/mol. The number of primary amides is 1. The third-order valence-corrected chi connectivity index (χ3v) is 3.24. The fourth-order valence-electron chi connectivity index (χ4n) is 2.18. The van der Waals surface area contributed by atoms with Gasteiger partial charge in [0.05, 0.1) is 6.07 Å². The zero-order valence-electron chi connectivity index (χ0n) is 10.00. The maximum atomic E-state index is 11.9. The smallest absolute Gasteiger partial charge is 0.240 e. The van der Waals surface area contributed by atoms with E-state index in [9.17, 15) is 14.9 Å². The standard InChI is InChI=1S/C12H19N3O2/c13-9-12(6-2-1-3-7-12)11(17)15-8-4-5-10(14)16/h1-8H2,(H2,14,16)(H,15,17). The Kier molecular flexibility index (Phi) is 4.95. The predicted octanol–water partition coefficient (Wildman–Crippen LogP) is 0.842. The fourth-order valence-corrected chi connectivity index (χ4v) is 2.18. The SMILES string of the molecule is N#CC1(C(=O)NCCCC(N)=O)CCCCC1. The van der Waals surface area contributed by atoms with Crippen LogP contribution in [0.5, 0.6) is 0 Å². The van der Waals surface area contributed by atoms with Gasteiger partial charge in [-0.2, -0.15) is 5.26 Å². The van der Waals surface area contributed by atoms with Gasteiger partial charge >= 0.3 is 0 Å². The van der Waals surface area contributed by atoms with Gasteiger partial charge in [-0.1, -0.05) is 19.3 Å². The van der Waals surface area contributed by atoms with Gasteiger partial charge in [-0.15, -0.1) is 0 Å². The second kappa shape index (κ2) is 6.24. The number of carbonyl (C=O) groups excluding carboxylic acids is 2. The van der Waals surface area contributed by atoms with Gasteiger partial charge in [0.15, 0.2) is 0 Å². The van der Waals surface area contributed by atoms with Crippen LogP contribution in [-0.2, 0) is 9.59 Å². The van der Waals surface area contributed by atoms with Gasteiger partial charge in [0.25, 0.3) is 0 Å². The Morgan fingerprint density at radius 2 is 1.94 bits per heavy atom. The maximum absolute atomic E-state index is 11.9. The van der Waals surface area contributed by atoms with Gasteiger partial charge in [0.1, 0.15) is 5.41 Å². The maximum Gasteiger partial charge on any atom is 0.240 e. The molecule has 0 radical (unpaired) electrons. The van der Waals surface area contributed by atoms with Crippen LogP contribution in [0.2, 0.25) is 0 Å². The molecule has 94 valence electrons. The average molecular weight is 237 g/mol. The van der Waals surface area contributed by atoms with Gasteiger partial charge in [-0.3, -0.25) is 9.59 Å². The molecule has 0 aromatic rings. The Hall–Kier alpha value is -1.57. The summed E-state index contributed by atoms with van der Waals surface area (Å²) in [5.41, 5.74) is 4.16.